The van der Waals surface area contributed by atoms with Crippen LogP contribution in [0.25, 0.3) is 11.1 Å². The molecule has 0 spiro atoms. The van der Waals surface area contributed by atoms with Crippen LogP contribution in [0.3, 0.4) is 0 Å². The fourth-order valence-corrected chi connectivity index (χ4v) is 3.48. The predicted octanol–water partition coefficient (Wildman–Crippen LogP) is 0.241. The van der Waals surface area contributed by atoms with Crippen LogP contribution in [0.15, 0.2) is 36.5 Å². The first-order valence-electron chi connectivity index (χ1n) is 8.85. The van der Waals surface area contributed by atoms with Crippen molar-refractivity contribution in [2.24, 2.45) is 0 Å². The summed E-state index contributed by atoms with van der Waals surface area (Å²) in [5.41, 5.74) is 4.18. The minimum Gasteiger partial charge on any atom is -0.394 e. The number of hydrogen-bond acceptors (Lipinski definition) is 7. The zero-order chi connectivity index (χ0) is 19.7. The van der Waals surface area contributed by atoms with Gasteiger partial charge in [-0.25, -0.2) is 0 Å². The molecule has 146 valence electrons. The summed E-state index contributed by atoms with van der Waals surface area (Å²) in [4.78, 5) is 4.18. The fraction of sp³-hybridized carbons (Fsp3) is 0.450. The van der Waals surface area contributed by atoms with Crippen LogP contribution < -0.4 is 0 Å². The SMILES string of the molecule is Cc1cc(-c2ccc([C@@H](O)[C@H]3OC(CO)[C@@H](O)C(O)C3O)c(C)c2)ccn1. The Morgan fingerprint density at radius 2 is 1.70 bits per heavy atom. The van der Waals surface area contributed by atoms with Crippen LogP contribution in [0, 0.1) is 13.8 Å². The van der Waals surface area contributed by atoms with E-state index >= 15 is 0 Å². The van der Waals surface area contributed by atoms with Crippen molar-refractivity contribution in [3.8, 4) is 11.1 Å². The summed E-state index contributed by atoms with van der Waals surface area (Å²) in [7, 11) is 0. The van der Waals surface area contributed by atoms with E-state index in [0.29, 0.717) is 5.56 Å². The molecule has 2 heterocycles. The van der Waals surface area contributed by atoms with Crippen LogP contribution in [-0.4, -0.2) is 67.6 Å². The molecule has 1 aliphatic heterocycles. The molecule has 3 rings (SSSR count). The molecule has 7 heteroatoms. The van der Waals surface area contributed by atoms with Crippen molar-refractivity contribution in [3.05, 3.63) is 53.3 Å². The third kappa shape index (κ3) is 3.89. The minimum atomic E-state index is -1.52. The van der Waals surface area contributed by atoms with Crippen LogP contribution >= 0.6 is 0 Å². The normalized spacial score (nSPS) is 29.5. The van der Waals surface area contributed by atoms with E-state index in [1.54, 1.807) is 12.3 Å². The Hall–Kier alpha value is -1.87. The molecule has 5 N–H and O–H groups in total. The van der Waals surface area contributed by atoms with Crippen LogP contribution in [0.4, 0.5) is 0 Å². The zero-order valence-electron chi connectivity index (χ0n) is 15.2. The molecule has 0 bridgehead atoms. The van der Waals surface area contributed by atoms with Gasteiger partial charge in [0.05, 0.1) is 6.61 Å². The number of benzene rings is 1. The van der Waals surface area contributed by atoms with Crippen molar-refractivity contribution in [1.82, 2.24) is 4.98 Å². The van der Waals surface area contributed by atoms with Crippen LogP contribution in [0.1, 0.15) is 22.9 Å². The van der Waals surface area contributed by atoms with Gasteiger partial charge in [-0.2, -0.15) is 0 Å². The lowest BCUT2D eigenvalue weighted by atomic mass is 9.88. The topological polar surface area (TPSA) is 123 Å². The summed E-state index contributed by atoms with van der Waals surface area (Å²) in [5.74, 6) is 0. The monoisotopic (exact) mass is 375 g/mol. The number of aryl methyl sites for hydroxylation is 2. The third-order valence-electron chi connectivity index (χ3n) is 5.06. The molecule has 1 aliphatic rings. The maximum atomic E-state index is 10.8. The standard InChI is InChI=1S/C20H25NO6/c1-10-7-12(13-5-6-21-11(2)8-13)3-4-14(10)16(23)20-19(26)18(25)17(24)15(9-22)27-20/h3-8,15-20,22-26H,9H2,1-2H3/t15?,16-,17-,18?,19?,20-/m1/s1. The first-order valence-corrected chi connectivity index (χ1v) is 8.85. The van der Waals surface area contributed by atoms with Crippen molar-refractivity contribution in [2.45, 2.75) is 50.5 Å². The number of rotatable bonds is 4. The van der Waals surface area contributed by atoms with Gasteiger partial charge in [0.2, 0.25) is 0 Å². The van der Waals surface area contributed by atoms with Crippen molar-refractivity contribution in [3.63, 3.8) is 0 Å². The van der Waals surface area contributed by atoms with Crippen molar-refractivity contribution < 1.29 is 30.3 Å². The molecule has 0 amide bonds. The van der Waals surface area contributed by atoms with Crippen molar-refractivity contribution >= 4 is 0 Å². The molecule has 3 unspecified atom stereocenters. The Morgan fingerprint density at radius 1 is 1.00 bits per heavy atom. The van der Waals surface area contributed by atoms with Gasteiger partial charge in [0, 0.05) is 11.9 Å². The van der Waals surface area contributed by atoms with E-state index in [-0.39, 0.29) is 0 Å². The summed E-state index contributed by atoms with van der Waals surface area (Å²) >= 11 is 0. The lowest BCUT2D eigenvalue weighted by molar-refractivity contribution is -0.250. The minimum absolute atomic E-state index is 0.534. The van der Waals surface area contributed by atoms with Gasteiger partial charge in [-0.05, 0) is 48.2 Å². The highest BCUT2D eigenvalue weighted by Gasteiger charge is 2.46. The third-order valence-corrected chi connectivity index (χ3v) is 5.06. The Labute approximate surface area is 157 Å². The number of aliphatic hydroxyl groups is 5. The number of nitrogens with zero attached hydrogens (tertiary/aromatic N) is 1. The Kier molecular flexibility index (Phi) is 5.90. The largest absolute Gasteiger partial charge is 0.394 e. The fourth-order valence-electron chi connectivity index (χ4n) is 3.48. The van der Waals surface area contributed by atoms with E-state index in [0.717, 1.165) is 22.4 Å². The Bertz CT molecular complexity index is 796. The maximum absolute atomic E-state index is 10.8. The average molecular weight is 375 g/mol. The highest BCUT2D eigenvalue weighted by atomic mass is 16.6. The second-order valence-electron chi connectivity index (χ2n) is 7.00. The number of aromatic nitrogens is 1. The van der Waals surface area contributed by atoms with Gasteiger partial charge in [0.25, 0.3) is 0 Å². The van der Waals surface area contributed by atoms with Crippen LogP contribution in [-0.2, 0) is 4.74 Å². The van der Waals surface area contributed by atoms with Crippen molar-refractivity contribution in [1.29, 1.82) is 0 Å². The van der Waals surface area contributed by atoms with E-state index in [9.17, 15) is 25.5 Å². The lowest BCUT2D eigenvalue weighted by Crippen LogP contribution is -2.59. The van der Waals surface area contributed by atoms with Gasteiger partial charge < -0.3 is 30.3 Å². The smallest absolute Gasteiger partial charge is 0.117 e. The molecule has 1 saturated heterocycles. The number of aliphatic hydroxyl groups excluding tert-OH is 5. The quantitative estimate of drug-likeness (QED) is 0.519. The molecule has 1 aromatic carbocycles. The zero-order valence-corrected chi connectivity index (χ0v) is 15.2. The number of ether oxygens (including phenoxy) is 1. The molecule has 7 nitrogen and oxygen atoms in total. The van der Waals surface area contributed by atoms with E-state index < -0.39 is 43.2 Å². The van der Waals surface area contributed by atoms with Gasteiger partial charge in [-0.1, -0.05) is 18.2 Å². The van der Waals surface area contributed by atoms with Crippen molar-refractivity contribution in [2.75, 3.05) is 6.61 Å². The lowest BCUT2D eigenvalue weighted by Gasteiger charge is -2.42. The molecule has 6 atom stereocenters. The Morgan fingerprint density at radius 3 is 2.33 bits per heavy atom. The summed E-state index contributed by atoms with van der Waals surface area (Å²) in [6.45, 7) is 3.21. The summed E-state index contributed by atoms with van der Waals surface area (Å²) in [6.07, 6.45) is -6.18. The number of pyridine rings is 1. The summed E-state index contributed by atoms with van der Waals surface area (Å²) in [6, 6.07) is 9.37. The van der Waals surface area contributed by atoms with Gasteiger partial charge >= 0.3 is 0 Å². The predicted molar refractivity (Wildman–Crippen MR) is 97.9 cm³/mol. The summed E-state index contributed by atoms with van der Waals surface area (Å²) in [5, 5.41) is 50.1. The second-order valence-corrected chi connectivity index (χ2v) is 7.00. The van der Waals surface area contributed by atoms with Gasteiger partial charge in [-0.3, -0.25) is 4.98 Å². The molecule has 1 aromatic heterocycles. The van der Waals surface area contributed by atoms with E-state index in [4.69, 9.17) is 4.74 Å². The molecule has 2 aromatic rings. The molecule has 27 heavy (non-hydrogen) atoms. The molecular formula is C20H25NO6. The van der Waals surface area contributed by atoms with Gasteiger partial charge in [0.1, 0.15) is 36.6 Å². The Balaban J connectivity index is 1.87. The summed E-state index contributed by atoms with van der Waals surface area (Å²) < 4.78 is 5.46. The maximum Gasteiger partial charge on any atom is 0.117 e. The second kappa shape index (κ2) is 8.02. The van der Waals surface area contributed by atoms with Crippen LogP contribution in [0.5, 0.6) is 0 Å². The van der Waals surface area contributed by atoms with Crippen LogP contribution in [0.2, 0.25) is 0 Å². The number of hydrogen-bond donors (Lipinski definition) is 5. The van der Waals surface area contributed by atoms with Gasteiger partial charge in [0.15, 0.2) is 0 Å². The molecule has 1 fully saturated rings. The molecule has 0 aliphatic carbocycles. The average Bonchev–Trinajstić information content (AvgIpc) is 2.66. The van der Waals surface area contributed by atoms with E-state index in [1.165, 1.54) is 0 Å². The van der Waals surface area contributed by atoms with E-state index in [1.807, 2.05) is 38.1 Å². The highest BCUT2D eigenvalue weighted by Crippen LogP contribution is 2.33. The molecular weight excluding hydrogens is 350 g/mol. The molecule has 0 saturated carbocycles. The first-order chi connectivity index (χ1) is 12.8. The first kappa shape index (κ1) is 19.9. The highest BCUT2D eigenvalue weighted by molar-refractivity contribution is 5.65. The molecule has 0 radical (unpaired) electrons. The van der Waals surface area contributed by atoms with E-state index in [2.05, 4.69) is 4.98 Å². The van der Waals surface area contributed by atoms with Gasteiger partial charge in [-0.15, -0.1) is 0 Å².